The van der Waals surface area contributed by atoms with E-state index >= 15 is 0 Å². The van der Waals surface area contributed by atoms with Crippen LogP contribution in [-0.4, -0.2) is 15.6 Å². The molecule has 3 rings (SSSR count). The molecule has 1 aromatic rings. The molecule has 3 nitrogen and oxygen atoms in total. The molecule has 1 saturated heterocycles. The van der Waals surface area contributed by atoms with Crippen LogP contribution in [0.4, 0.5) is 0 Å². The lowest BCUT2D eigenvalue weighted by Gasteiger charge is -2.31. The van der Waals surface area contributed by atoms with E-state index in [1.165, 1.54) is 37.8 Å². The van der Waals surface area contributed by atoms with Crippen molar-refractivity contribution in [2.75, 3.05) is 0 Å². The molecule has 1 aliphatic carbocycles. The summed E-state index contributed by atoms with van der Waals surface area (Å²) in [7, 11) is 0. The molecule has 2 heterocycles. The molecule has 106 valence electrons. The van der Waals surface area contributed by atoms with Crippen molar-refractivity contribution in [3.8, 4) is 0 Å². The Bertz CT molecular complexity index is 425. The normalized spacial score (nSPS) is 39.6. The fourth-order valence-electron chi connectivity index (χ4n) is 3.96. The Balaban J connectivity index is 1.82. The Hall–Kier alpha value is -0.830. The molecule has 0 spiro atoms. The van der Waals surface area contributed by atoms with Gasteiger partial charge in [0.25, 0.3) is 0 Å². The molecular formula is C16H27N3. The van der Waals surface area contributed by atoms with E-state index in [9.17, 15) is 0 Å². The quantitative estimate of drug-likeness (QED) is 0.880. The Labute approximate surface area is 116 Å². The predicted molar refractivity (Wildman–Crippen MR) is 78.0 cm³/mol. The zero-order valence-electron chi connectivity index (χ0n) is 12.5. The maximum Gasteiger partial charge on any atom is 0.0951 e. The molecule has 5 atom stereocenters. The van der Waals surface area contributed by atoms with Crippen molar-refractivity contribution in [2.24, 2.45) is 11.8 Å². The first-order valence-electron chi connectivity index (χ1n) is 7.94. The second kappa shape index (κ2) is 5.28. The van der Waals surface area contributed by atoms with Gasteiger partial charge in [0, 0.05) is 24.3 Å². The molecule has 0 aromatic carbocycles. The molecular weight excluding hydrogens is 234 g/mol. The second-order valence-corrected chi connectivity index (χ2v) is 6.76. The highest BCUT2D eigenvalue weighted by molar-refractivity contribution is 5.09. The topological polar surface area (TPSA) is 29.9 Å². The van der Waals surface area contributed by atoms with Crippen LogP contribution >= 0.6 is 0 Å². The Morgan fingerprint density at radius 3 is 2.68 bits per heavy atom. The summed E-state index contributed by atoms with van der Waals surface area (Å²) in [5.41, 5.74) is 1.41. The van der Waals surface area contributed by atoms with Crippen LogP contribution < -0.4 is 5.32 Å². The van der Waals surface area contributed by atoms with Crippen LogP contribution in [0, 0.1) is 11.8 Å². The van der Waals surface area contributed by atoms with Crippen LogP contribution in [0.2, 0.25) is 0 Å². The van der Waals surface area contributed by atoms with Crippen LogP contribution in [0.15, 0.2) is 12.5 Å². The average molecular weight is 261 g/mol. The molecule has 0 radical (unpaired) electrons. The third kappa shape index (κ3) is 2.45. The van der Waals surface area contributed by atoms with Gasteiger partial charge in [-0.15, -0.1) is 0 Å². The van der Waals surface area contributed by atoms with E-state index in [1.807, 2.05) is 0 Å². The summed E-state index contributed by atoms with van der Waals surface area (Å²) in [6, 6.07) is 1.81. The number of hydrogen-bond donors (Lipinski definition) is 1. The van der Waals surface area contributed by atoms with Crippen molar-refractivity contribution in [2.45, 2.75) is 71.0 Å². The highest BCUT2D eigenvalue weighted by atomic mass is 15.1. The average Bonchev–Trinajstić information content (AvgIpc) is 2.98. The van der Waals surface area contributed by atoms with Crippen molar-refractivity contribution in [1.29, 1.82) is 0 Å². The summed E-state index contributed by atoms with van der Waals surface area (Å²) in [5.74, 6) is 1.62. The number of piperidine rings is 1. The first kappa shape index (κ1) is 13.2. The third-order valence-electron chi connectivity index (χ3n) is 5.45. The first-order valence-corrected chi connectivity index (χ1v) is 7.94. The Morgan fingerprint density at radius 2 is 2.00 bits per heavy atom. The molecule has 19 heavy (non-hydrogen) atoms. The summed E-state index contributed by atoms with van der Waals surface area (Å²) in [5, 5.41) is 3.75. The van der Waals surface area contributed by atoms with Gasteiger partial charge >= 0.3 is 0 Å². The minimum Gasteiger partial charge on any atom is -0.330 e. The lowest BCUT2D eigenvalue weighted by Crippen LogP contribution is -2.36. The summed E-state index contributed by atoms with van der Waals surface area (Å²) >= 11 is 0. The van der Waals surface area contributed by atoms with Crippen molar-refractivity contribution in [1.82, 2.24) is 14.9 Å². The van der Waals surface area contributed by atoms with Crippen LogP contribution in [0.1, 0.15) is 70.7 Å². The number of rotatable bonds is 2. The summed E-state index contributed by atoms with van der Waals surface area (Å²) in [6.07, 6.45) is 10.7. The molecule has 3 heteroatoms. The van der Waals surface area contributed by atoms with Crippen molar-refractivity contribution in [3.63, 3.8) is 0 Å². The SMILES string of the molecule is CC1CCCC(c2cncn2C2CCC(C)C2C)N1. The standard InChI is InChI=1S/C16H27N3/c1-11-7-8-15(13(11)3)19-10-17-9-16(19)14-6-4-5-12(2)18-14/h9-15,18H,4-8H2,1-3H3. The largest absolute Gasteiger partial charge is 0.330 e. The molecule has 5 unspecified atom stereocenters. The minimum atomic E-state index is 0.509. The summed E-state index contributed by atoms with van der Waals surface area (Å²) in [6.45, 7) is 7.10. The maximum atomic E-state index is 4.45. The Morgan fingerprint density at radius 1 is 1.16 bits per heavy atom. The molecule has 1 saturated carbocycles. The van der Waals surface area contributed by atoms with Gasteiger partial charge in [0.2, 0.25) is 0 Å². The van der Waals surface area contributed by atoms with Gasteiger partial charge in [-0.05, 0) is 50.9 Å². The zero-order valence-corrected chi connectivity index (χ0v) is 12.5. The Kier molecular flexibility index (Phi) is 3.66. The second-order valence-electron chi connectivity index (χ2n) is 6.76. The fourth-order valence-corrected chi connectivity index (χ4v) is 3.96. The summed E-state index contributed by atoms with van der Waals surface area (Å²) < 4.78 is 2.48. The monoisotopic (exact) mass is 261 g/mol. The molecule has 2 fully saturated rings. The van der Waals surface area contributed by atoms with E-state index < -0.39 is 0 Å². The smallest absolute Gasteiger partial charge is 0.0951 e. The van der Waals surface area contributed by atoms with Crippen LogP contribution in [0.5, 0.6) is 0 Å². The number of nitrogens with one attached hydrogen (secondary N) is 1. The van der Waals surface area contributed by atoms with Gasteiger partial charge < -0.3 is 9.88 Å². The maximum absolute atomic E-state index is 4.45. The zero-order chi connectivity index (χ0) is 13.4. The van der Waals surface area contributed by atoms with E-state index in [0.717, 1.165) is 11.8 Å². The molecule has 1 aromatic heterocycles. The van der Waals surface area contributed by atoms with Gasteiger partial charge in [-0.3, -0.25) is 0 Å². The van der Waals surface area contributed by atoms with Gasteiger partial charge in [0.15, 0.2) is 0 Å². The van der Waals surface area contributed by atoms with Crippen LogP contribution in [0.25, 0.3) is 0 Å². The van der Waals surface area contributed by atoms with Gasteiger partial charge in [-0.1, -0.05) is 13.8 Å². The highest BCUT2D eigenvalue weighted by Crippen LogP contribution is 2.41. The van der Waals surface area contributed by atoms with E-state index in [0.29, 0.717) is 18.1 Å². The predicted octanol–water partition coefficient (Wildman–Crippen LogP) is 3.69. The van der Waals surface area contributed by atoms with E-state index in [1.54, 1.807) is 0 Å². The van der Waals surface area contributed by atoms with Gasteiger partial charge in [0.05, 0.1) is 12.0 Å². The van der Waals surface area contributed by atoms with E-state index in [2.05, 4.69) is 48.2 Å². The molecule has 0 amide bonds. The number of aromatic nitrogens is 2. The number of nitrogens with zero attached hydrogens (tertiary/aromatic N) is 2. The number of imidazole rings is 1. The van der Waals surface area contributed by atoms with Crippen molar-refractivity contribution < 1.29 is 0 Å². The number of hydrogen-bond acceptors (Lipinski definition) is 2. The van der Waals surface area contributed by atoms with Gasteiger partial charge in [-0.2, -0.15) is 0 Å². The molecule has 0 bridgehead atoms. The van der Waals surface area contributed by atoms with Gasteiger partial charge in [0.1, 0.15) is 0 Å². The fraction of sp³-hybridized carbons (Fsp3) is 0.812. The lowest BCUT2D eigenvalue weighted by molar-refractivity contribution is 0.302. The summed E-state index contributed by atoms with van der Waals surface area (Å²) in [4.78, 5) is 4.45. The van der Waals surface area contributed by atoms with E-state index in [4.69, 9.17) is 0 Å². The third-order valence-corrected chi connectivity index (χ3v) is 5.45. The first-order chi connectivity index (χ1) is 9.16. The lowest BCUT2D eigenvalue weighted by atomic mass is 9.95. The molecule has 1 aliphatic heterocycles. The van der Waals surface area contributed by atoms with Crippen LogP contribution in [0.3, 0.4) is 0 Å². The molecule has 1 N–H and O–H groups in total. The highest BCUT2D eigenvalue weighted by Gasteiger charge is 2.33. The van der Waals surface area contributed by atoms with Crippen molar-refractivity contribution >= 4 is 0 Å². The van der Waals surface area contributed by atoms with Crippen molar-refractivity contribution in [3.05, 3.63) is 18.2 Å². The molecule has 2 aliphatic rings. The van der Waals surface area contributed by atoms with Crippen LogP contribution in [-0.2, 0) is 0 Å². The van der Waals surface area contributed by atoms with Gasteiger partial charge in [-0.25, -0.2) is 4.98 Å². The van der Waals surface area contributed by atoms with E-state index in [-0.39, 0.29) is 0 Å². The minimum absolute atomic E-state index is 0.509.